The lowest BCUT2D eigenvalue weighted by Crippen LogP contribution is -2.22. The SMILES string of the molecule is CCC(CC)(CBr)CCc1nccn1C. The number of alkyl halides is 1. The molecule has 0 saturated carbocycles. The molecular formula is C12H21BrN2. The zero-order valence-corrected chi connectivity index (χ0v) is 11.5. The van der Waals surface area contributed by atoms with Crippen LogP contribution in [-0.4, -0.2) is 14.9 Å². The number of aromatic nitrogens is 2. The first kappa shape index (κ1) is 12.8. The second kappa shape index (κ2) is 5.69. The molecule has 0 radical (unpaired) electrons. The van der Waals surface area contributed by atoms with E-state index in [2.05, 4.69) is 46.4 Å². The van der Waals surface area contributed by atoms with Gasteiger partial charge in [-0.1, -0.05) is 29.8 Å². The average molecular weight is 273 g/mol. The van der Waals surface area contributed by atoms with E-state index in [1.54, 1.807) is 0 Å². The molecule has 86 valence electrons. The molecular weight excluding hydrogens is 252 g/mol. The molecule has 1 aromatic rings. The lowest BCUT2D eigenvalue weighted by molar-refractivity contribution is 0.281. The van der Waals surface area contributed by atoms with Gasteiger partial charge in [0.25, 0.3) is 0 Å². The molecule has 0 unspecified atom stereocenters. The lowest BCUT2D eigenvalue weighted by Gasteiger charge is -2.29. The fourth-order valence-electron chi connectivity index (χ4n) is 1.87. The molecule has 3 heteroatoms. The maximum Gasteiger partial charge on any atom is 0.108 e. The summed E-state index contributed by atoms with van der Waals surface area (Å²) in [6, 6.07) is 0. The van der Waals surface area contributed by atoms with Gasteiger partial charge in [0, 0.05) is 31.2 Å². The highest BCUT2D eigenvalue weighted by molar-refractivity contribution is 9.09. The van der Waals surface area contributed by atoms with E-state index in [1.807, 2.05) is 12.4 Å². The molecule has 1 heterocycles. The first-order valence-corrected chi connectivity index (χ1v) is 6.81. The molecule has 0 aliphatic heterocycles. The van der Waals surface area contributed by atoms with Gasteiger partial charge in [-0.2, -0.15) is 0 Å². The molecule has 0 aliphatic carbocycles. The Morgan fingerprint density at radius 2 is 2.07 bits per heavy atom. The Kier molecular flexibility index (Phi) is 4.84. The highest BCUT2D eigenvalue weighted by Gasteiger charge is 2.24. The van der Waals surface area contributed by atoms with Crippen molar-refractivity contribution >= 4 is 15.9 Å². The number of hydrogen-bond donors (Lipinski definition) is 0. The molecule has 1 rings (SSSR count). The Bertz CT molecular complexity index is 281. The Hall–Kier alpha value is -0.310. The van der Waals surface area contributed by atoms with Crippen molar-refractivity contribution < 1.29 is 0 Å². The normalized spacial score (nSPS) is 12.0. The summed E-state index contributed by atoms with van der Waals surface area (Å²) in [6.07, 6.45) is 8.66. The fourth-order valence-corrected chi connectivity index (χ4v) is 2.95. The second-order valence-electron chi connectivity index (χ2n) is 4.30. The highest BCUT2D eigenvalue weighted by Crippen LogP contribution is 2.33. The van der Waals surface area contributed by atoms with Crippen LogP contribution >= 0.6 is 15.9 Å². The predicted octanol–water partition coefficient (Wildman–Crippen LogP) is 3.55. The van der Waals surface area contributed by atoms with Crippen LogP contribution in [0.1, 0.15) is 38.9 Å². The largest absolute Gasteiger partial charge is 0.338 e. The average Bonchev–Trinajstić information content (AvgIpc) is 2.67. The summed E-state index contributed by atoms with van der Waals surface area (Å²) >= 11 is 3.65. The zero-order valence-electron chi connectivity index (χ0n) is 9.96. The van der Waals surface area contributed by atoms with Crippen molar-refractivity contribution in [2.45, 2.75) is 39.5 Å². The molecule has 0 fully saturated rings. The van der Waals surface area contributed by atoms with Gasteiger partial charge >= 0.3 is 0 Å². The standard InChI is InChI=1S/C12H21BrN2/c1-4-12(5-2,10-13)7-6-11-14-8-9-15(11)3/h8-9H,4-7,10H2,1-3H3. The van der Waals surface area contributed by atoms with Gasteiger partial charge in [-0.15, -0.1) is 0 Å². The third-order valence-electron chi connectivity index (χ3n) is 3.58. The van der Waals surface area contributed by atoms with Crippen LogP contribution in [0.25, 0.3) is 0 Å². The Balaban J connectivity index is 2.58. The van der Waals surface area contributed by atoms with Crippen molar-refractivity contribution in [1.29, 1.82) is 0 Å². The van der Waals surface area contributed by atoms with Crippen molar-refractivity contribution in [3.05, 3.63) is 18.2 Å². The lowest BCUT2D eigenvalue weighted by atomic mass is 9.80. The number of hydrogen-bond acceptors (Lipinski definition) is 1. The topological polar surface area (TPSA) is 17.8 Å². The van der Waals surface area contributed by atoms with Crippen LogP contribution in [0.5, 0.6) is 0 Å². The van der Waals surface area contributed by atoms with Crippen LogP contribution in [-0.2, 0) is 13.5 Å². The van der Waals surface area contributed by atoms with Gasteiger partial charge in [-0.25, -0.2) is 4.98 Å². The minimum Gasteiger partial charge on any atom is -0.338 e. The second-order valence-corrected chi connectivity index (χ2v) is 4.86. The molecule has 0 N–H and O–H groups in total. The maximum atomic E-state index is 4.37. The Morgan fingerprint density at radius 3 is 2.47 bits per heavy atom. The summed E-state index contributed by atoms with van der Waals surface area (Å²) in [5, 5.41) is 1.09. The van der Waals surface area contributed by atoms with E-state index < -0.39 is 0 Å². The van der Waals surface area contributed by atoms with E-state index in [0.29, 0.717) is 5.41 Å². The van der Waals surface area contributed by atoms with Crippen molar-refractivity contribution in [2.24, 2.45) is 12.5 Å². The third kappa shape index (κ3) is 3.07. The molecule has 0 amide bonds. The maximum absolute atomic E-state index is 4.37. The first-order chi connectivity index (χ1) is 7.17. The van der Waals surface area contributed by atoms with Crippen LogP contribution in [0.3, 0.4) is 0 Å². The molecule has 2 nitrogen and oxygen atoms in total. The molecule has 0 spiro atoms. The summed E-state index contributed by atoms with van der Waals surface area (Å²) in [5.74, 6) is 1.20. The van der Waals surface area contributed by atoms with Crippen LogP contribution in [0.15, 0.2) is 12.4 Å². The molecule has 0 saturated heterocycles. The molecule has 1 aromatic heterocycles. The number of nitrogens with zero attached hydrogens (tertiary/aromatic N) is 2. The number of rotatable bonds is 6. The monoisotopic (exact) mass is 272 g/mol. The third-order valence-corrected chi connectivity index (χ3v) is 4.77. The molecule has 15 heavy (non-hydrogen) atoms. The van der Waals surface area contributed by atoms with Gasteiger partial charge in [0.05, 0.1) is 0 Å². The number of imidazole rings is 1. The summed E-state index contributed by atoms with van der Waals surface area (Å²) in [7, 11) is 2.07. The van der Waals surface area contributed by atoms with Crippen molar-refractivity contribution in [3.8, 4) is 0 Å². The first-order valence-electron chi connectivity index (χ1n) is 5.69. The van der Waals surface area contributed by atoms with E-state index in [1.165, 1.54) is 25.1 Å². The predicted molar refractivity (Wildman–Crippen MR) is 68.3 cm³/mol. The number of aryl methyl sites for hydroxylation is 2. The van der Waals surface area contributed by atoms with E-state index >= 15 is 0 Å². The Labute approximate surface area is 101 Å². The van der Waals surface area contributed by atoms with Crippen molar-refractivity contribution in [1.82, 2.24) is 9.55 Å². The van der Waals surface area contributed by atoms with Crippen LogP contribution < -0.4 is 0 Å². The van der Waals surface area contributed by atoms with E-state index in [-0.39, 0.29) is 0 Å². The molecule has 0 bridgehead atoms. The summed E-state index contributed by atoms with van der Waals surface area (Å²) in [6.45, 7) is 4.56. The summed E-state index contributed by atoms with van der Waals surface area (Å²) in [4.78, 5) is 4.37. The van der Waals surface area contributed by atoms with Gasteiger partial charge in [0.1, 0.15) is 5.82 Å². The van der Waals surface area contributed by atoms with Gasteiger partial charge < -0.3 is 4.57 Å². The van der Waals surface area contributed by atoms with Crippen LogP contribution in [0.4, 0.5) is 0 Å². The smallest absolute Gasteiger partial charge is 0.108 e. The van der Waals surface area contributed by atoms with E-state index in [4.69, 9.17) is 0 Å². The van der Waals surface area contributed by atoms with Gasteiger partial charge in [-0.3, -0.25) is 0 Å². The van der Waals surface area contributed by atoms with Gasteiger partial charge in [0.15, 0.2) is 0 Å². The summed E-state index contributed by atoms with van der Waals surface area (Å²) in [5.41, 5.74) is 0.450. The van der Waals surface area contributed by atoms with Gasteiger partial charge in [0.2, 0.25) is 0 Å². The fraction of sp³-hybridized carbons (Fsp3) is 0.750. The molecule has 0 atom stereocenters. The minimum atomic E-state index is 0.450. The van der Waals surface area contributed by atoms with Crippen molar-refractivity contribution in [2.75, 3.05) is 5.33 Å². The summed E-state index contributed by atoms with van der Waals surface area (Å²) < 4.78 is 2.12. The molecule has 0 aliphatic rings. The highest BCUT2D eigenvalue weighted by atomic mass is 79.9. The van der Waals surface area contributed by atoms with Crippen LogP contribution in [0.2, 0.25) is 0 Å². The van der Waals surface area contributed by atoms with E-state index in [0.717, 1.165) is 11.8 Å². The van der Waals surface area contributed by atoms with E-state index in [9.17, 15) is 0 Å². The Morgan fingerprint density at radius 1 is 1.40 bits per heavy atom. The quantitative estimate of drug-likeness (QED) is 0.725. The van der Waals surface area contributed by atoms with Gasteiger partial charge in [-0.05, 0) is 24.7 Å². The minimum absolute atomic E-state index is 0.450. The van der Waals surface area contributed by atoms with Crippen LogP contribution in [0, 0.1) is 5.41 Å². The molecule has 0 aromatic carbocycles. The number of halogens is 1. The van der Waals surface area contributed by atoms with Crippen molar-refractivity contribution in [3.63, 3.8) is 0 Å². The zero-order chi connectivity index (χ0) is 11.3.